The van der Waals surface area contributed by atoms with E-state index in [2.05, 4.69) is 12.1 Å². The van der Waals surface area contributed by atoms with Crippen molar-refractivity contribution in [2.24, 2.45) is 0 Å². The molecule has 4 rings (SSSR count). The topological polar surface area (TPSA) is 92.5 Å². The van der Waals surface area contributed by atoms with Crippen LogP contribution in [0.1, 0.15) is 23.6 Å². The third-order valence-corrected chi connectivity index (χ3v) is 5.69. The van der Waals surface area contributed by atoms with Crippen molar-refractivity contribution < 1.29 is 10.2 Å². The molecule has 30 heavy (non-hydrogen) atoms. The fraction of sp³-hybridized carbons (Fsp3) is 0.0769. The Bertz CT molecular complexity index is 1130. The summed E-state index contributed by atoms with van der Waals surface area (Å²) in [4.78, 5) is 0. The van der Waals surface area contributed by atoms with E-state index in [0.717, 1.165) is 16.7 Å². The maximum atomic E-state index is 10.7. The van der Waals surface area contributed by atoms with Crippen LogP contribution in [0.2, 0.25) is 0 Å². The summed E-state index contributed by atoms with van der Waals surface area (Å²) in [7, 11) is 0. The monoisotopic (exact) mass is 396 g/mol. The number of rotatable bonds is 4. The third-order valence-electron chi connectivity index (χ3n) is 5.69. The average molecular weight is 396 g/mol. The van der Waals surface area contributed by atoms with Crippen molar-refractivity contribution >= 4 is 11.4 Å². The quantitative estimate of drug-likeness (QED) is 0.279. The summed E-state index contributed by atoms with van der Waals surface area (Å²) in [5.74, 6) is 0.140. The molecule has 0 saturated carbocycles. The van der Waals surface area contributed by atoms with Crippen molar-refractivity contribution in [1.29, 1.82) is 0 Å². The summed E-state index contributed by atoms with van der Waals surface area (Å²) in [5.41, 5.74) is 16.2. The molecular weight excluding hydrogens is 372 g/mol. The van der Waals surface area contributed by atoms with Crippen LogP contribution in [0.3, 0.4) is 0 Å². The lowest BCUT2D eigenvalue weighted by atomic mass is 9.70. The predicted octanol–water partition coefficient (Wildman–Crippen LogP) is 5.28. The molecule has 150 valence electrons. The Labute approximate surface area is 176 Å². The summed E-state index contributed by atoms with van der Waals surface area (Å²) >= 11 is 0. The highest BCUT2D eigenvalue weighted by atomic mass is 16.3. The highest BCUT2D eigenvalue weighted by Gasteiger charge is 2.36. The van der Waals surface area contributed by atoms with Crippen molar-refractivity contribution in [3.05, 3.63) is 108 Å². The summed E-state index contributed by atoms with van der Waals surface area (Å²) in [6, 6.07) is 28.4. The second kappa shape index (κ2) is 7.48. The van der Waals surface area contributed by atoms with E-state index < -0.39 is 5.41 Å². The van der Waals surface area contributed by atoms with Gasteiger partial charge in [0.2, 0.25) is 0 Å². The number of benzene rings is 4. The zero-order valence-electron chi connectivity index (χ0n) is 16.7. The molecule has 0 bridgehead atoms. The van der Waals surface area contributed by atoms with Crippen LogP contribution in [0.25, 0.3) is 11.1 Å². The van der Waals surface area contributed by atoms with Crippen molar-refractivity contribution in [2.45, 2.75) is 12.3 Å². The third kappa shape index (κ3) is 3.33. The lowest BCUT2D eigenvalue weighted by Crippen LogP contribution is -2.25. The highest BCUT2D eigenvalue weighted by Crippen LogP contribution is 2.46. The largest absolute Gasteiger partial charge is 0.508 e. The molecule has 0 aliphatic heterocycles. The van der Waals surface area contributed by atoms with E-state index in [-0.39, 0.29) is 11.5 Å². The number of hydrogen-bond donors (Lipinski definition) is 4. The van der Waals surface area contributed by atoms with Gasteiger partial charge in [0.05, 0.1) is 0 Å². The van der Waals surface area contributed by atoms with Crippen LogP contribution < -0.4 is 11.5 Å². The molecule has 4 heteroatoms. The van der Waals surface area contributed by atoms with Gasteiger partial charge in [-0.3, -0.25) is 0 Å². The number of nitrogen functional groups attached to an aromatic ring is 2. The minimum atomic E-state index is -0.829. The molecule has 0 aromatic heterocycles. The van der Waals surface area contributed by atoms with Crippen LogP contribution in [0.4, 0.5) is 11.4 Å². The fourth-order valence-electron chi connectivity index (χ4n) is 4.03. The van der Waals surface area contributed by atoms with Gasteiger partial charge in [0, 0.05) is 40.0 Å². The second-order valence-electron chi connectivity index (χ2n) is 7.62. The Morgan fingerprint density at radius 3 is 1.53 bits per heavy atom. The first-order valence-electron chi connectivity index (χ1n) is 9.73. The van der Waals surface area contributed by atoms with Crippen LogP contribution in [-0.2, 0) is 5.41 Å². The number of anilines is 2. The molecule has 0 radical (unpaired) electrons. The van der Waals surface area contributed by atoms with E-state index in [9.17, 15) is 10.2 Å². The number of hydrogen-bond acceptors (Lipinski definition) is 4. The van der Waals surface area contributed by atoms with Crippen LogP contribution in [0, 0.1) is 0 Å². The lowest BCUT2D eigenvalue weighted by molar-refractivity contribution is 0.442. The SMILES string of the molecule is CC(c1ccc(-c2ccccc2)cc1)(c1ccc(N)cc1O)c1ccc(N)cc1O. The van der Waals surface area contributed by atoms with Gasteiger partial charge in [-0.25, -0.2) is 0 Å². The fourth-order valence-corrected chi connectivity index (χ4v) is 4.03. The molecule has 4 aromatic rings. The first kappa shape index (κ1) is 19.4. The first-order chi connectivity index (χ1) is 14.4. The smallest absolute Gasteiger partial charge is 0.122 e. The summed E-state index contributed by atoms with van der Waals surface area (Å²) in [6.07, 6.45) is 0. The molecule has 0 atom stereocenters. The van der Waals surface area contributed by atoms with Crippen LogP contribution in [-0.4, -0.2) is 10.2 Å². The molecule has 0 aliphatic rings. The Morgan fingerprint density at radius 1 is 0.600 bits per heavy atom. The van der Waals surface area contributed by atoms with E-state index in [1.807, 2.05) is 49.4 Å². The molecule has 4 aromatic carbocycles. The molecule has 0 spiro atoms. The summed E-state index contributed by atoms with van der Waals surface area (Å²) < 4.78 is 0. The van der Waals surface area contributed by atoms with Gasteiger partial charge in [-0.15, -0.1) is 0 Å². The van der Waals surface area contributed by atoms with Crippen LogP contribution in [0.15, 0.2) is 91.0 Å². The van der Waals surface area contributed by atoms with Gasteiger partial charge in [0.25, 0.3) is 0 Å². The van der Waals surface area contributed by atoms with Gasteiger partial charge in [0.1, 0.15) is 11.5 Å². The second-order valence-corrected chi connectivity index (χ2v) is 7.62. The van der Waals surface area contributed by atoms with Crippen molar-refractivity contribution in [1.82, 2.24) is 0 Å². The maximum Gasteiger partial charge on any atom is 0.122 e. The van der Waals surface area contributed by atoms with Gasteiger partial charge < -0.3 is 21.7 Å². The molecule has 6 N–H and O–H groups in total. The Morgan fingerprint density at radius 2 is 1.07 bits per heavy atom. The van der Waals surface area contributed by atoms with Crippen molar-refractivity contribution in [3.63, 3.8) is 0 Å². The van der Waals surface area contributed by atoms with Crippen LogP contribution >= 0.6 is 0 Å². The zero-order chi connectivity index (χ0) is 21.3. The van der Waals surface area contributed by atoms with E-state index >= 15 is 0 Å². The van der Waals surface area contributed by atoms with E-state index in [4.69, 9.17) is 11.5 Å². The van der Waals surface area contributed by atoms with Crippen molar-refractivity contribution in [2.75, 3.05) is 11.5 Å². The molecular formula is C26H24N2O2. The van der Waals surface area contributed by atoms with E-state index in [0.29, 0.717) is 22.5 Å². The molecule has 0 aliphatic carbocycles. The number of phenols is 2. The number of phenolic OH excluding ortho intramolecular Hbond substituents is 2. The maximum absolute atomic E-state index is 10.7. The minimum Gasteiger partial charge on any atom is -0.508 e. The molecule has 0 saturated heterocycles. The van der Waals surface area contributed by atoms with Crippen molar-refractivity contribution in [3.8, 4) is 22.6 Å². The molecule has 0 heterocycles. The molecule has 4 nitrogen and oxygen atoms in total. The van der Waals surface area contributed by atoms with Gasteiger partial charge in [-0.05, 0) is 35.7 Å². The Hall–Kier alpha value is -3.92. The summed E-state index contributed by atoms with van der Waals surface area (Å²) in [6.45, 7) is 1.97. The lowest BCUT2D eigenvalue weighted by Gasteiger charge is -2.33. The van der Waals surface area contributed by atoms with Crippen LogP contribution in [0.5, 0.6) is 11.5 Å². The van der Waals surface area contributed by atoms with E-state index in [1.54, 1.807) is 24.3 Å². The number of nitrogens with two attached hydrogens (primary N) is 2. The average Bonchev–Trinajstić information content (AvgIpc) is 2.74. The molecule has 0 fully saturated rings. The van der Waals surface area contributed by atoms with Gasteiger partial charge in [-0.2, -0.15) is 0 Å². The standard InChI is InChI=1S/C26H24N2O2/c1-26(22-13-11-20(27)15-24(22)29,23-14-12-21(28)16-25(23)30)19-9-7-18(8-10-19)17-5-3-2-4-6-17/h2-16,29-30H,27-28H2,1H3. The predicted molar refractivity (Wildman–Crippen MR) is 122 cm³/mol. The number of aromatic hydroxyl groups is 2. The normalized spacial score (nSPS) is 11.4. The van der Waals surface area contributed by atoms with E-state index in [1.165, 1.54) is 12.1 Å². The molecule has 0 amide bonds. The van der Waals surface area contributed by atoms with Gasteiger partial charge in [-0.1, -0.05) is 66.7 Å². The zero-order valence-corrected chi connectivity index (χ0v) is 16.7. The minimum absolute atomic E-state index is 0.0702. The Kier molecular flexibility index (Phi) is 4.84. The first-order valence-corrected chi connectivity index (χ1v) is 9.73. The Balaban J connectivity index is 1.91. The van der Waals surface area contributed by atoms with Gasteiger partial charge in [0.15, 0.2) is 0 Å². The highest BCUT2D eigenvalue weighted by molar-refractivity contribution is 5.67. The van der Waals surface area contributed by atoms with Gasteiger partial charge >= 0.3 is 0 Å². The summed E-state index contributed by atoms with van der Waals surface area (Å²) in [5, 5.41) is 21.5. The molecule has 0 unspecified atom stereocenters.